The normalized spacial score (nSPS) is 22.6. The third-order valence-electron chi connectivity index (χ3n) is 4.35. The molecule has 2 heterocycles. The molecule has 0 radical (unpaired) electrons. The van der Waals surface area contributed by atoms with Crippen molar-refractivity contribution in [2.45, 2.75) is 19.0 Å². The lowest BCUT2D eigenvalue weighted by Gasteiger charge is -2.41. The Bertz CT molecular complexity index is 623. The zero-order valence-electron chi connectivity index (χ0n) is 11.3. The Morgan fingerprint density at radius 3 is 2.60 bits per heavy atom. The Morgan fingerprint density at radius 1 is 0.950 bits per heavy atom. The fourth-order valence-corrected chi connectivity index (χ4v) is 3.57. The van der Waals surface area contributed by atoms with Crippen LogP contribution in [0.4, 0.5) is 0 Å². The van der Waals surface area contributed by atoms with Gasteiger partial charge >= 0.3 is 0 Å². The molecule has 2 aromatic rings. The summed E-state index contributed by atoms with van der Waals surface area (Å²) >= 11 is 6.04. The third kappa shape index (κ3) is 1.96. The Kier molecular flexibility index (Phi) is 3.03. The second-order valence-electron chi connectivity index (χ2n) is 5.56. The second-order valence-corrected chi connectivity index (χ2v) is 5.99. The lowest BCUT2D eigenvalue weighted by Crippen LogP contribution is -2.43. The summed E-state index contributed by atoms with van der Waals surface area (Å²) in [4.78, 5) is 0. The smallest absolute Gasteiger partial charge is 0.0748 e. The molecule has 2 aromatic carbocycles. The van der Waals surface area contributed by atoms with E-state index in [0.29, 0.717) is 6.04 Å². The molecule has 0 bridgehead atoms. The molecule has 0 spiro atoms. The van der Waals surface area contributed by atoms with Crippen LogP contribution in [-0.4, -0.2) is 23.1 Å². The van der Waals surface area contributed by atoms with Gasteiger partial charge in [0.05, 0.1) is 6.04 Å². The van der Waals surface area contributed by atoms with Crippen LogP contribution in [0.5, 0.6) is 0 Å². The van der Waals surface area contributed by atoms with Gasteiger partial charge in [-0.15, -0.1) is 0 Å². The second kappa shape index (κ2) is 4.88. The Labute approximate surface area is 124 Å². The van der Waals surface area contributed by atoms with Gasteiger partial charge in [-0.3, -0.25) is 0 Å². The molecule has 0 N–H and O–H groups in total. The predicted octanol–water partition coefficient (Wildman–Crippen LogP) is 3.87. The number of nitrogens with zero attached hydrogens (tertiary/aromatic N) is 2. The summed E-state index contributed by atoms with van der Waals surface area (Å²) < 4.78 is 0. The first kappa shape index (κ1) is 12.4. The van der Waals surface area contributed by atoms with Gasteiger partial charge in [-0.1, -0.05) is 48.0 Å². The van der Waals surface area contributed by atoms with Crippen molar-refractivity contribution in [2.75, 3.05) is 13.1 Å². The molecule has 0 aliphatic carbocycles. The maximum absolute atomic E-state index is 6.04. The zero-order valence-corrected chi connectivity index (χ0v) is 12.1. The predicted molar refractivity (Wildman–Crippen MR) is 81.5 cm³/mol. The van der Waals surface area contributed by atoms with Crippen LogP contribution in [0.15, 0.2) is 48.5 Å². The van der Waals surface area contributed by atoms with Gasteiger partial charge < -0.3 is 0 Å². The van der Waals surface area contributed by atoms with E-state index in [2.05, 4.69) is 46.4 Å². The molecule has 1 saturated heterocycles. The maximum Gasteiger partial charge on any atom is 0.0748 e. The van der Waals surface area contributed by atoms with Crippen LogP contribution in [0.3, 0.4) is 0 Å². The standard InChI is InChI=1S/C17H17ClN2/c18-15-8-6-13(7-9-15)17-16-5-2-1-4-14(16)12-19-10-3-11-20(17)19/h1-2,4-9,17H,3,10-12H2. The van der Waals surface area contributed by atoms with Crippen LogP contribution in [0, 0.1) is 0 Å². The lowest BCUT2D eigenvalue weighted by molar-refractivity contribution is -0.0224. The Balaban J connectivity index is 1.84. The molecular formula is C17H17ClN2. The van der Waals surface area contributed by atoms with E-state index in [9.17, 15) is 0 Å². The number of halogens is 1. The van der Waals surface area contributed by atoms with Gasteiger partial charge in [0, 0.05) is 24.7 Å². The van der Waals surface area contributed by atoms with E-state index in [1.165, 1.54) is 29.7 Å². The highest BCUT2D eigenvalue weighted by molar-refractivity contribution is 6.30. The van der Waals surface area contributed by atoms with Crippen molar-refractivity contribution in [3.8, 4) is 0 Å². The van der Waals surface area contributed by atoms with Crippen molar-refractivity contribution in [3.63, 3.8) is 0 Å². The minimum atomic E-state index is 0.333. The Hall–Kier alpha value is -1.35. The van der Waals surface area contributed by atoms with E-state index in [4.69, 9.17) is 11.6 Å². The minimum absolute atomic E-state index is 0.333. The van der Waals surface area contributed by atoms with Gasteiger partial charge in [0.25, 0.3) is 0 Å². The van der Waals surface area contributed by atoms with E-state index in [-0.39, 0.29) is 0 Å². The number of hydrogen-bond acceptors (Lipinski definition) is 2. The fourth-order valence-electron chi connectivity index (χ4n) is 3.45. The van der Waals surface area contributed by atoms with E-state index in [0.717, 1.165) is 18.1 Å². The highest BCUT2D eigenvalue weighted by Crippen LogP contribution is 2.39. The highest BCUT2D eigenvalue weighted by Gasteiger charge is 2.36. The SMILES string of the molecule is Clc1ccc(C2c3ccccc3CN3CCCN23)cc1. The largest absolute Gasteiger partial charge is 0.236 e. The van der Waals surface area contributed by atoms with Crippen molar-refractivity contribution >= 4 is 11.6 Å². The van der Waals surface area contributed by atoms with Crippen LogP contribution in [-0.2, 0) is 6.54 Å². The van der Waals surface area contributed by atoms with Crippen molar-refractivity contribution in [2.24, 2.45) is 0 Å². The average molecular weight is 285 g/mol. The van der Waals surface area contributed by atoms with E-state index in [1.807, 2.05) is 12.1 Å². The molecule has 1 unspecified atom stereocenters. The summed E-state index contributed by atoms with van der Waals surface area (Å²) in [5, 5.41) is 5.81. The molecule has 0 amide bonds. The van der Waals surface area contributed by atoms with Crippen LogP contribution < -0.4 is 0 Å². The maximum atomic E-state index is 6.04. The van der Waals surface area contributed by atoms with Crippen LogP contribution >= 0.6 is 11.6 Å². The molecule has 1 atom stereocenters. The van der Waals surface area contributed by atoms with Crippen molar-refractivity contribution in [1.82, 2.24) is 10.0 Å². The summed E-state index contributed by atoms with van der Waals surface area (Å²) in [6.07, 6.45) is 1.25. The van der Waals surface area contributed by atoms with Gasteiger partial charge in [0.2, 0.25) is 0 Å². The number of fused-ring (bicyclic) bond motifs is 2. The van der Waals surface area contributed by atoms with E-state index >= 15 is 0 Å². The fraction of sp³-hybridized carbons (Fsp3) is 0.294. The number of hydrazine groups is 1. The number of hydrogen-bond donors (Lipinski definition) is 0. The molecule has 0 aromatic heterocycles. The van der Waals surface area contributed by atoms with Crippen LogP contribution in [0.25, 0.3) is 0 Å². The van der Waals surface area contributed by atoms with E-state index in [1.54, 1.807) is 0 Å². The van der Waals surface area contributed by atoms with Gasteiger partial charge in [0.15, 0.2) is 0 Å². The highest BCUT2D eigenvalue weighted by atomic mass is 35.5. The van der Waals surface area contributed by atoms with Crippen molar-refractivity contribution in [1.29, 1.82) is 0 Å². The third-order valence-corrected chi connectivity index (χ3v) is 4.61. The van der Waals surface area contributed by atoms with Crippen molar-refractivity contribution in [3.05, 3.63) is 70.2 Å². The molecular weight excluding hydrogens is 268 g/mol. The van der Waals surface area contributed by atoms with Gasteiger partial charge in [-0.05, 0) is 35.2 Å². The molecule has 2 aliphatic heterocycles. The number of rotatable bonds is 1. The molecule has 102 valence electrons. The first-order valence-electron chi connectivity index (χ1n) is 7.18. The molecule has 2 aliphatic rings. The molecule has 3 heteroatoms. The van der Waals surface area contributed by atoms with Crippen molar-refractivity contribution < 1.29 is 0 Å². The summed E-state index contributed by atoms with van der Waals surface area (Å²) in [5.41, 5.74) is 4.21. The van der Waals surface area contributed by atoms with Crippen LogP contribution in [0.2, 0.25) is 5.02 Å². The van der Waals surface area contributed by atoms with Gasteiger partial charge in [0.1, 0.15) is 0 Å². The zero-order chi connectivity index (χ0) is 13.5. The summed E-state index contributed by atoms with van der Waals surface area (Å²) in [6.45, 7) is 3.35. The first-order valence-corrected chi connectivity index (χ1v) is 7.55. The Morgan fingerprint density at radius 2 is 1.75 bits per heavy atom. The van der Waals surface area contributed by atoms with Gasteiger partial charge in [-0.2, -0.15) is 0 Å². The average Bonchev–Trinajstić information content (AvgIpc) is 2.93. The summed E-state index contributed by atoms with van der Waals surface area (Å²) in [5.74, 6) is 0. The summed E-state index contributed by atoms with van der Waals surface area (Å²) in [7, 11) is 0. The monoisotopic (exact) mass is 284 g/mol. The minimum Gasteiger partial charge on any atom is -0.236 e. The topological polar surface area (TPSA) is 6.48 Å². The molecule has 20 heavy (non-hydrogen) atoms. The lowest BCUT2D eigenvalue weighted by atomic mass is 9.92. The molecule has 4 rings (SSSR count). The molecule has 2 nitrogen and oxygen atoms in total. The number of benzene rings is 2. The molecule has 0 saturated carbocycles. The van der Waals surface area contributed by atoms with Gasteiger partial charge in [-0.25, -0.2) is 10.0 Å². The van der Waals surface area contributed by atoms with Crippen LogP contribution in [0.1, 0.15) is 29.2 Å². The summed E-state index contributed by atoms with van der Waals surface area (Å²) in [6, 6.07) is 17.5. The first-order chi connectivity index (χ1) is 9.83. The quantitative estimate of drug-likeness (QED) is 0.784. The molecule has 1 fully saturated rings. The van der Waals surface area contributed by atoms with E-state index < -0.39 is 0 Å².